The molecular weight excluding hydrogens is 190 g/mol. The van der Waals surface area contributed by atoms with Gasteiger partial charge in [0.05, 0.1) is 6.20 Å². The molecule has 5 nitrogen and oxygen atoms in total. The Kier molecular flexibility index (Phi) is 1.88. The minimum atomic E-state index is -3.41. The molecule has 0 bridgehead atoms. The van der Waals surface area contributed by atoms with Gasteiger partial charge in [-0.05, 0) is 12.8 Å². The summed E-state index contributed by atoms with van der Waals surface area (Å²) in [4.78, 5) is 3.75. The highest BCUT2D eigenvalue weighted by atomic mass is 32.2. The zero-order chi connectivity index (χ0) is 9.47. The van der Waals surface area contributed by atoms with Gasteiger partial charge in [0.1, 0.15) is 0 Å². The van der Waals surface area contributed by atoms with E-state index in [1.165, 1.54) is 6.20 Å². The fourth-order valence-electron chi connectivity index (χ4n) is 1.07. The van der Waals surface area contributed by atoms with E-state index in [4.69, 9.17) is 5.73 Å². The second-order valence-electron chi connectivity index (χ2n) is 3.21. The zero-order valence-corrected chi connectivity index (χ0v) is 7.84. The summed E-state index contributed by atoms with van der Waals surface area (Å²) in [6.07, 6.45) is 3.44. The van der Waals surface area contributed by atoms with Crippen LogP contribution in [0.15, 0.2) is 16.2 Å². The van der Waals surface area contributed by atoms with Gasteiger partial charge in [0.15, 0.2) is 10.1 Å². The van der Waals surface area contributed by atoms with Crippen molar-refractivity contribution in [2.24, 2.45) is 10.7 Å². The standard InChI is InChI=1S/C7H11N3O2S/c8-6-3-10-7(13(6,11)12)4-9-5-1-2-5/h3,5,9H,1-2,4,8H2. The Hall–Kier alpha value is -0.880. The third-order valence-electron chi connectivity index (χ3n) is 2.08. The number of nitrogens with two attached hydrogens (primary N) is 1. The molecule has 0 aromatic carbocycles. The quantitative estimate of drug-likeness (QED) is 0.633. The van der Waals surface area contributed by atoms with Crippen LogP contribution >= 0.6 is 0 Å². The Morgan fingerprint density at radius 3 is 2.77 bits per heavy atom. The van der Waals surface area contributed by atoms with Crippen LogP contribution in [0.3, 0.4) is 0 Å². The minimum absolute atomic E-state index is 0.136. The number of hydrogen-bond donors (Lipinski definition) is 2. The average Bonchev–Trinajstić information content (AvgIpc) is 2.83. The van der Waals surface area contributed by atoms with Gasteiger partial charge < -0.3 is 11.1 Å². The SMILES string of the molecule is NC1=CN=C(CNC2CC2)S1(=O)=O. The lowest BCUT2D eigenvalue weighted by Crippen LogP contribution is -2.30. The van der Waals surface area contributed by atoms with Crippen molar-refractivity contribution in [1.29, 1.82) is 0 Å². The van der Waals surface area contributed by atoms with Crippen LogP contribution in [0.25, 0.3) is 0 Å². The summed E-state index contributed by atoms with van der Waals surface area (Å²) >= 11 is 0. The lowest BCUT2D eigenvalue weighted by molar-refractivity contribution is 0.611. The van der Waals surface area contributed by atoms with Gasteiger partial charge in [-0.15, -0.1) is 0 Å². The van der Waals surface area contributed by atoms with Crippen molar-refractivity contribution in [3.8, 4) is 0 Å². The third-order valence-corrected chi connectivity index (χ3v) is 3.67. The molecule has 0 aromatic heterocycles. The molecule has 2 rings (SSSR count). The molecule has 0 spiro atoms. The molecule has 1 aliphatic carbocycles. The van der Waals surface area contributed by atoms with Crippen molar-refractivity contribution >= 4 is 14.9 Å². The van der Waals surface area contributed by atoms with E-state index >= 15 is 0 Å². The van der Waals surface area contributed by atoms with Gasteiger partial charge in [-0.2, -0.15) is 0 Å². The number of nitrogens with zero attached hydrogens (tertiary/aromatic N) is 1. The fourth-order valence-corrected chi connectivity index (χ4v) is 2.00. The fraction of sp³-hybridized carbons (Fsp3) is 0.571. The molecule has 3 N–H and O–H groups in total. The van der Waals surface area contributed by atoms with Gasteiger partial charge in [0, 0.05) is 12.6 Å². The molecule has 0 amide bonds. The summed E-state index contributed by atoms with van der Waals surface area (Å²) in [7, 11) is -3.41. The first kappa shape index (κ1) is 8.71. The highest BCUT2D eigenvalue weighted by Crippen LogP contribution is 2.19. The molecule has 1 fully saturated rings. The number of nitrogens with one attached hydrogen (secondary N) is 1. The lowest BCUT2D eigenvalue weighted by Gasteiger charge is -2.02. The summed E-state index contributed by atoms with van der Waals surface area (Å²) in [5.41, 5.74) is 5.26. The maximum absolute atomic E-state index is 11.4. The van der Waals surface area contributed by atoms with Gasteiger partial charge in [0.2, 0.25) is 9.84 Å². The molecule has 72 valence electrons. The van der Waals surface area contributed by atoms with Crippen molar-refractivity contribution in [2.75, 3.05) is 6.54 Å². The van der Waals surface area contributed by atoms with E-state index in [2.05, 4.69) is 10.3 Å². The van der Waals surface area contributed by atoms with E-state index in [1.807, 2.05) is 0 Å². The second kappa shape index (κ2) is 2.81. The first-order valence-corrected chi connectivity index (χ1v) is 5.60. The Morgan fingerprint density at radius 2 is 2.31 bits per heavy atom. The predicted molar refractivity (Wildman–Crippen MR) is 49.6 cm³/mol. The van der Waals surface area contributed by atoms with Crippen LogP contribution in [-0.2, 0) is 9.84 Å². The molecule has 0 aromatic rings. The van der Waals surface area contributed by atoms with Crippen molar-refractivity contribution in [2.45, 2.75) is 18.9 Å². The van der Waals surface area contributed by atoms with Crippen molar-refractivity contribution in [1.82, 2.24) is 5.32 Å². The van der Waals surface area contributed by atoms with E-state index in [0.29, 0.717) is 12.6 Å². The number of aliphatic imine (C=N–C) groups is 1. The lowest BCUT2D eigenvalue weighted by atomic mass is 10.6. The average molecular weight is 201 g/mol. The highest BCUT2D eigenvalue weighted by molar-refractivity contribution is 8.10. The molecule has 13 heavy (non-hydrogen) atoms. The van der Waals surface area contributed by atoms with Crippen LogP contribution in [0.5, 0.6) is 0 Å². The minimum Gasteiger partial charge on any atom is -0.388 e. The topological polar surface area (TPSA) is 84.5 Å². The van der Waals surface area contributed by atoms with Crippen LogP contribution in [0.1, 0.15) is 12.8 Å². The summed E-state index contributed by atoms with van der Waals surface area (Å²) in [5, 5.41) is 3.06. The normalized spacial score (nSPS) is 25.5. The van der Waals surface area contributed by atoms with Crippen LogP contribution in [0.2, 0.25) is 0 Å². The van der Waals surface area contributed by atoms with Crippen LogP contribution < -0.4 is 11.1 Å². The zero-order valence-electron chi connectivity index (χ0n) is 7.03. The molecule has 1 heterocycles. The van der Waals surface area contributed by atoms with Crippen molar-refractivity contribution in [3.63, 3.8) is 0 Å². The van der Waals surface area contributed by atoms with Crippen LogP contribution in [0.4, 0.5) is 0 Å². The first-order chi connectivity index (χ1) is 6.10. The third kappa shape index (κ3) is 1.59. The predicted octanol–water partition coefficient (Wildman–Crippen LogP) is -0.677. The number of hydrogen-bond acceptors (Lipinski definition) is 5. The van der Waals surface area contributed by atoms with Gasteiger partial charge in [-0.25, -0.2) is 13.4 Å². The van der Waals surface area contributed by atoms with Gasteiger partial charge in [0.25, 0.3) is 0 Å². The van der Waals surface area contributed by atoms with E-state index in [9.17, 15) is 8.42 Å². The van der Waals surface area contributed by atoms with Crippen molar-refractivity contribution in [3.05, 3.63) is 11.2 Å². The molecule has 0 radical (unpaired) electrons. The smallest absolute Gasteiger partial charge is 0.237 e. The van der Waals surface area contributed by atoms with Crippen molar-refractivity contribution < 1.29 is 8.42 Å². The second-order valence-corrected chi connectivity index (χ2v) is 5.16. The molecule has 1 saturated carbocycles. The summed E-state index contributed by atoms with van der Waals surface area (Å²) in [6, 6.07) is 0.472. The van der Waals surface area contributed by atoms with E-state index in [1.54, 1.807) is 0 Å². The first-order valence-electron chi connectivity index (χ1n) is 4.11. The van der Waals surface area contributed by atoms with E-state index < -0.39 is 9.84 Å². The molecular formula is C7H11N3O2S. The summed E-state index contributed by atoms with van der Waals surface area (Å²) < 4.78 is 22.7. The monoisotopic (exact) mass is 201 g/mol. The van der Waals surface area contributed by atoms with Gasteiger partial charge in [-0.1, -0.05) is 0 Å². The summed E-state index contributed by atoms with van der Waals surface area (Å²) in [6.45, 7) is 0.296. The number of rotatable bonds is 3. The van der Waals surface area contributed by atoms with Gasteiger partial charge >= 0.3 is 0 Å². The maximum Gasteiger partial charge on any atom is 0.237 e. The maximum atomic E-state index is 11.4. The van der Waals surface area contributed by atoms with Gasteiger partial charge in [-0.3, -0.25) is 0 Å². The molecule has 0 unspecified atom stereocenters. The van der Waals surface area contributed by atoms with Crippen LogP contribution in [0, 0.1) is 0 Å². The van der Waals surface area contributed by atoms with E-state index in [-0.39, 0.29) is 10.1 Å². The summed E-state index contributed by atoms with van der Waals surface area (Å²) in [5.74, 6) is 0. The molecule has 0 atom stereocenters. The van der Waals surface area contributed by atoms with Crippen LogP contribution in [-0.4, -0.2) is 26.0 Å². The Morgan fingerprint density at radius 1 is 1.62 bits per heavy atom. The molecule has 6 heteroatoms. The Labute approximate surface area is 76.6 Å². The molecule has 2 aliphatic rings. The van der Waals surface area contributed by atoms with E-state index in [0.717, 1.165) is 12.8 Å². The highest BCUT2D eigenvalue weighted by Gasteiger charge is 2.29. The molecule has 1 aliphatic heterocycles. The Balaban J connectivity index is 2.02. The largest absolute Gasteiger partial charge is 0.388 e. The Bertz CT molecular complexity index is 379. The number of sulfone groups is 1. The molecule has 0 saturated heterocycles.